The number of methoxy groups -OCH3 is 1. The molecule has 1 aromatic rings. The van der Waals surface area contributed by atoms with Crippen LogP contribution in [-0.2, 0) is 14.3 Å². The molecule has 1 rings (SSSR count). The van der Waals surface area contributed by atoms with Gasteiger partial charge in [-0.1, -0.05) is 26.5 Å². The highest BCUT2D eigenvalue weighted by atomic mass is 79.9. The van der Waals surface area contributed by atoms with Gasteiger partial charge in [-0.15, -0.1) is 0 Å². The van der Waals surface area contributed by atoms with E-state index >= 15 is 0 Å². The fourth-order valence-electron chi connectivity index (χ4n) is 1.83. The van der Waals surface area contributed by atoms with Gasteiger partial charge in [0.05, 0.1) is 24.8 Å². The Labute approximate surface area is 165 Å². The molecule has 0 fully saturated rings. The van der Waals surface area contributed by atoms with Crippen molar-refractivity contribution in [3.8, 4) is 0 Å². The number of hydrogen-bond donors (Lipinski definition) is 1. The van der Waals surface area contributed by atoms with Gasteiger partial charge >= 0.3 is 5.97 Å². The normalized spacial score (nSPS) is 12.4. The maximum atomic E-state index is 12.5. The molecule has 1 atom stereocenters. The molecule has 26 heavy (non-hydrogen) atoms. The number of aryl methyl sites for hydroxylation is 1. The summed E-state index contributed by atoms with van der Waals surface area (Å²) < 4.78 is 11.3. The van der Waals surface area contributed by atoms with Crippen LogP contribution in [0.5, 0.6) is 0 Å². The van der Waals surface area contributed by atoms with Crippen molar-refractivity contribution in [1.29, 1.82) is 0 Å². The van der Waals surface area contributed by atoms with Gasteiger partial charge in [0, 0.05) is 6.42 Å². The van der Waals surface area contributed by atoms with Crippen molar-refractivity contribution >= 4 is 27.7 Å². The van der Waals surface area contributed by atoms with E-state index in [-0.39, 0.29) is 0 Å². The molecule has 0 bridgehead atoms. The summed E-state index contributed by atoms with van der Waals surface area (Å²) in [6.07, 6.45) is 5.22. The standard InChI is InChI=1S/C17H24BrN3O3.C2H6/c1-7-8-12(23-6)9-13(16(22)24-17(3,4)5)21-15-14(18)20-11(2)10-19-15;1-2/h7-8,10,13H,1,9H2,2-6H3,(H,19,21);1-2H3/b12-8-;. The maximum Gasteiger partial charge on any atom is 0.329 e. The number of anilines is 1. The van der Waals surface area contributed by atoms with Crippen molar-refractivity contribution in [3.63, 3.8) is 0 Å². The van der Waals surface area contributed by atoms with Crippen LogP contribution in [0.3, 0.4) is 0 Å². The number of nitrogens with one attached hydrogen (secondary N) is 1. The summed E-state index contributed by atoms with van der Waals surface area (Å²) in [6, 6.07) is -0.677. The topological polar surface area (TPSA) is 73.3 Å². The van der Waals surface area contributed by atoms with E-state index < -0.39 is 17.6 Å². The summed E-state index contributed by atoms with van der Waals surface area (Å²) >= 11 is 3.35. The second-order valence-electron chi connectivity index (χ2n) is 6.16. The lowest BCUT2D eigenvalue weighted by atomic mass is 10.1. The molecular formula is C19H30BrN3O3. The smallest absolute Gasteiger partial charge is 0.329 e. The highest BCUT2D eigenvalue weighted by Crippen LogP contribution is 2.21. The summed E-state index contributed by atoms with van der Waals surface area (Å²) in [6.45, 7) is 14.9. The summed E-state index contributed by atoms with van der Waals surface area (Å²) in [5.74, 6) is 0.666. The molecule has 0 aliphatic heterocycles. The molecule has 1 N–H and O–H groups in total. The third-order valence-electron chi connectivity index (χ3n) is 2.82. The Balaban J connectivity index is 0.00000301. The summed E-state index contributed by atoms with van der Waals surface area (Å²) in [4.78, 5) is 21.1. The van der Waals surface area contributed by atoms with Crippen molar-refractivity contribution < 1.29 is 14.3 Å². The molecule has 0 amide bonds. The molecule has 0 aliphatic carbocycles. The van der Waals surface area contributed by atoms with Crippen molar-refractivity contribution in [2.45, 2.75) is 59.6 Å². The maximum absolute atomic E-state index is 12.5. The van der Waals surface area contributed by atoms with Gasteiger partial charge in [-0.25, -0.2) is 14.8 Å². The Hall–Kier alpha value is -1.89. The van der Waals surface area contributed by atoms with Crippen LogP contribution >= 0.6 is 15.9 Å². The Kier molecular flexibility index (Phi) is 10.8. The van der Waals surface area contributed by atoms with Crippen LogP contribution in [-0.4, -0.2) is 34.7 Å². The van der Waals surface area contributed by atoms with Gasteiger partial charge in [-0.2, -0.15) is 0 Å². The van der Waals surface area contributed by atoms with Crippen LogP contribution in [0.15, 0.2) is 35.3 Å². The van der Waals surface area contributed by atoms with Crippen LogP contribution in [0.1, 0.15) is 46.7 Å². The van der Waals surface area contributed by atoms with Crippen LogP contribution < -0.4 is 5.32 Å². The van der Waals surface area contributed by atoms with E-state index in [4.69, 9.17) is 9.47 Å². The van der Waals surface area contributed by atoms with Crippen LogP contribution in [0, 0.1) is 6.92 Å². The van der Waals surface area contributed by atoms with E-state index in [0.29, 0.717) is 22.6 Å². The predicted octanol–water partition coefficient (Wildman–Crippen LogP) is 4.80. The van der Waals surface area contributed by atoms with Crippen LogP contribution in [0.4, 0.5) is 5.82 Å². The molecule has 146 valence electrons. The second-order valence-corrected chi connectivity index (χ2v) is 6.91. The summed E-state index contributed by atoms with van der Waals surface area (Å²) in [5, 5.41) is 3.07. The van der Waals surface area contributed by atoms with E-state index in [9.17, 15) is 4.79 Å². The van der Waals surface area contributed by atoms with Gasteiger partial charge in [0.15, 0.2) is 5.82 Å². The second kappa shape index (κ2) is 11.7. The number of aromatic nitrogens is 2. The number of halogens is 1. The molecule has 0 radical (unpaired) electrons. The molecule has 7 heteroatoms. The molecular weight excluding hydrogens is 398 g/mol. The zero-order valence-electron chi connectivity index (χ0n) is 16.7. The average molecular weight is 428 g/mol. The molecule has 0 aromatic carbocycles. The number of ether oxygens (including phenoxy) is 2. The molecule has 0 saturated carbocycles. The van der Waals surface area contributed by atoms with Gasteiger partial charge in [0.2, 0.25) is 0 Å². The molecule has 0 aliphatic rings. The predicted molar refractivity (Wildman–Crippen MR) is 109 cm³/mol. The lowest BCUT2D eigenvalue weighted by Crippen LogP contribution is -2.37. The SMILES string of the molecule is C=C/C=C(/CC(Nc1ncc(C)nc1Br)C(=O)OC(C)(C)C)OC.CC. The highest BCUT2D eigenvalue weighted by molar-refractivity contribution is 9.10. The van der Waals surface area contributed by atoms with E-state index in [1.807, 2.05) is 41.5 Å². The van der Waals surface area contributed by atoms with Gasteiger partial charge in [-0.05, 0) is 49.7 Å². The van der Waals surface area contributed by atoms with E-state index in [2.05, 4.69) is 37.8 Å². The van der Waals surface area contributed by atoms with Crippen molar-refractivity contribution in [1.82, 2.24) is 9.97 Å². The van der Waals surface area contributed by atoms with Gasteiger partial charge in [0.1, 0.15) is 16.2 Å². The highest BCUT2D eigenvalue weighted by Gasteiger charge is 2.27. The molecule has 0 spiro atoms. The third kappa shape index (κ3) is 8.99. The Bertz CT molecular complexity index is 625. The number of rotatable bonds is 7. The minimum atomic E-state index is -0.677. The molecule has 1 aromatic heterocycles. The first-order chi connectivity index (χ1) is 12.2. The van der Waals surface area contributed by atoms with Crippen LogP contribution in [0.2, 0.25) is 0 Å². The quantitative estimate of drug-likeness (QED) is 0.382. The first-order valence-corrected chi connectivity index (χ1v) is 9.29. The number of hydrogen-bond acceptors (Lipinski definition) is 6. The Morgan fingerprint density at radius 3 is 2.50 bits per heavy atom. The Morgan fingerprint density at radius 2 is 2.04 bits per heavy atom. The van der Waals surface area contributed by atoms with E-state index in [0.717, 1.165) is 5.69 Å². The fraction of sp³-hybridized carbons (Fsp3) is 0.526. The zero-order valence-corrected chi connectivity index (χ0v) is 18.3. The van der Waals surface area contributed by atoms with Crippen molar-refractivity contribution in [2.75, 3.05) is 12.4 Å². The monoisotopic (exact) mass is 427 g/mol. The number of allylic oxidation sites excluding steroid dienone is 2. The first kappa shape index (κ1) is 24.1. The minimum Gasteiger partial charge on any atom is -0.501 e. The van der Waals surface area contributed by atoms with Gasteiger partial charge in [-0.3, -0.25) is 0 Å². The van der Waals surface area contributed by atoms with Crippen molar-refractivity contribution in [3.05, 3.63) is 41.0 Å². The number of esters is 1. The third-order valence-corrected chi connectivity index (χ3v) is 3.38. The number of carbonyl (C=O) groups excluding carboxylic acids is 1. The molecule has 0 saturated heterocycles. The zero-order chi connectivity index (χ0) is 20.3. The molecule has 1 heterocycles. The largest absolute Gasteiger partial charge is 0.501 e. The lowest BCUT2D eigenvalue weighted by molar-refractivity contribution is -0.155. The number of carbonyl (C=O) groups is 1. The van der Waals surface area contributed by atoms with Crippen LogP contribution in [0.25, 0.3) is 0 Å². The number of nitrogens with zero attached hydrogens (tertiary/aromatic N) is 2. The Morgan fingerprint density at radius 1 is 1.42 bits per heavy atom. The fourth-order valence-corrected chi connectivity index (χ4v) is 2.32. The average Bonchev–Trinajstić information content (AvgIpc) is 2.56. The molecule has 1 unspecified atom stereocenters. The van der Waals surface area contributed by atoms with Gasteiger partial charge < -0.3 is 14.8 Å². The van der Waals surface area contributed by atoms with E-state index in [1.54, 1.807) is 25.5 Å². The molecule has 6 nitrogen and oxygen atoms in total. The van der Waals surface area contributed by atoms with Gasteiger partial charge in [0.25, 0.3) is 0 Å². The summed E-state index contributed by atoms with van der Waals surface area (Å²) in [7, 11) is 1.54. The lowest BCUT2D eigenvalue weighted by Gasteiger charge is -2.25. The van der Waals surface area contributed by atoms with E-state index in [1.165, 1.54) is 0 Å². The first-order valence-electron chi connectivity index (χ1n) is 8.50. The summed E-state index contributed by atoms with van der Waals surface area (Å²) in [5.41, 5.74) is 0.174. The minimum absolute atomic E-state index is 0.291. The van der Waals surface area contributed by atoms with Crippen molar-refractivity contribution in [2.24, 2.45) is 0 Å².